The molecule has 0 aromatic carbocycles. The van der Waals surface area contributed by atoms with Crippen LogP contribution in [0.2, 0.25) is 0 Å². The van der Waals surface area contributed by atoms with E-state index in [1.807, 2.05) is 18.3 Å². The third-order valence-corrected chi connectivity index (χ3v) is 3.13. The SMILES string of the molecule is CCCCCC(CC(C)=O)c1ccc(OC)nc1. The van der Waals surface area contributed by atoms with Crippen molar-refractivity contribution < 1.29 is 9.53 Å². The summed E-state index contributed by atoms with van der Waals surface area (Å²) >= 11 is 0. The van der Waals surface area contributed by atoms with Gasteiger partial charge < -0.3 is 9.53 Å². The summed E-state index contributed by atoms with van der Waals surface area (Å²) in [5.41, 5.74) is 1.14. The number of nitrogens with zero attached hydrogens (tertiary/aromatic N) is 1. The lowest BCUT2D eigenvalue weighted by atomic mass is 9.90. The van der Waals surface area contributed by atoms with Crippen LogP contribution in [0.1, 0.15) is 57.4 Å². The number of Topliss-reactive ketones (excluding diaryl/α,β-unsaturated/α-hetero) is 1. The van der Waals surface area contributed by atoms with Gasteiger partial charge in [0.25, 0.3) is 0 Å². The zero-order valence-electron chi connectivity index (χ0n) is 11.6. The molecule has 0 fully saturated rings. The minimum Gasteiger partial charge on any atom is -0.481 e. The molecule has 18 heavy (non-hydrogen) atoms. The van der Waals surface area contributed by atoms with Crippen molar-refractivity contribution in [2.75, 3.05) is 7.11 Å². The van der Waals surface area contributed by atoms with Crippen LogP contribution < -0.4 is 4.74 Å². The summed E-state index contributed by atoms with van der Waals surface area (Å²) in [7, 11) is 1.61. The predicted molar refractivity (Wildman–Crippen MR) is 73.0 cm³/mol. The second-order valence-corrected chi connectivity index (χ2v) is 4.73. The summed E-state index contributed by atoms with van der Waals surface area (Å²) in [5.74, 6) is 1.16. The summed E-state index contributed by atoms with van der Waals surface area (Å²) in [6, 6.07) is 3.88. The van der Waals surface area contributed by atoms with Gasteiger partial charge in [-0.2, -0.15) is 0 Å². The molecule has 0 spiro atoms. The average molecular weight is 249 g/mol. The molecule has 100 valence electrons. The van der Waals surface area contributed by atoms with Crippen LogP contribution in [0.4, 0.5) is 0 Å². The number of ketones is 1. The Morgan fingerprint density at radius 3 is 2.67 bits per heavy atom. The first-order valence-corrected chi connectivity index (χ1v) is 6.66. The molecule has 0 aliphatic carbocycles. The van der Waals surface area contributed by atoms with Crippen LogP contribution in [-0.4, -0.2) is 17.9 Å². The number of rotatable bonds is 8. The van der Waals surface area contributed by atoms with Crippen LogP contribution in [0.25, 0.3) is 0 Å². The van der Waals surface area contributed by atoms with E-state index in [9.17, 15) is 4.79 Å². The highest BCUT2D eigenvalue weighted by atomic mass is 16.5. The van der Waals surface area contributed by atoms with Crippen molar-refractivity contribution >= 4 is 5.78 Å². The largest absolute Gasteiger partial charge is 0.481 e. The molecule has 0 saturated carbocycles. The van der Waals surface area contributed by atoms with Crippen molar-refractivity contribution in [1.82, 2.24) is 4.98 Å². The lowest BCUT2D eigenvalue weighted by molar-refractivity contribution is -0.117. The fourth-order valence-electron chi connectivity index (χ4n) is 2.13. The van der Waals surface area contributed by atoms with Crippen molar-refractivity contribution in [1.29, 1.82) is 0 Å². The lowest BCUT2D eigenvalue weighted by Gasteiger charge is -2.15. The zero-order chi connectivity index (χ0) is 13.4. The molecule has 0 saturated heterocycles. The lowest BCUT2D eigenvalue weighted by Crippen LogP contribution is -2.05. The van der Waals surface area contributed by atoms with E-state index < -0.39 is 0 Å². The van der Waals surface area contributed by atoms with E-state index in [0.717, 1.165) is 12.0 Å². The number of hydrogen-bond acceptors (Lipinski definition) is 3. The van der Waals surface area contributed by atoms with E-state index in [1.54, 1.807) is 14.0 Å². The first-order valence-electron chi connectivity index (χ1n) is 6.66. The summed E-state index contributed by atoms with van der Waals surface area (Å²) in [4.78, 5) is 15.6. The maximum Gasteiger partial charge on any atom is 0.212 e. The molecule has 1 unspecified atom stereocenters. The quantitative estimate of drug-likeness (QED) is 0.659. The molecule has 0 aliphatic heterocycles. The molecule has 1 aromatic heterocycles. The van der Waals surface area contributed by atoms with Gasteiger partial charge >= 0.3 is 0 Å². The number of pyridine rings is 1. The highest BCUT2D eigenvalue weighted by molar-refractivity contribution is 5.76. The van der Waals surface area contributed by atoms with E-state index in [4.69, 9.17) is 4.74 Å². The first kappa shape index (κ1) is 14.7. The molecular weight excluding hydrogens is 226 g/mol. The first-order chi connectivity index (χ1) is 8.67. The summed E-state index contributed by atoms with van der Waals surface area (Å²) in [6.45, 7) is 3.85. The summed E-state index contributed by atoms with van der Waals surface area (Å²) in [6.07, 6.45) is 7.09. The fraction of sp³-hybridized carbons (Fsp3) is 0.600. The van der Waals surface area contributed by atoms with Crippen LogP contribution in [0.3, 0.4) is 0 Å². The van der Waals surface area contributed by atoms with Crippen LogP contribution >= 0.6 is 0 Å². The second kappa shape index (κ2) is 7.85. The maximum atomic E-state index is 11.3. The van der Waals surface area contributed by atoms with E-state index in [-0.39, 0.29) is 5.78 Å². The van der Waals surface area contributed by atoms with E-state index in [1.165, 1.54) is 19.3 Å². The van der Waals surface area contributed by atoms with Gasteiger partial charge in [-0.1, -0.05) is 32.3 Å². The smallest absolute Gasteiger partial charge is 0.212 e. The van der Waals surface area contributed by atoms with Gasteiger partial charge in [-0.3, -0.25) is 0 Å². The van der Waals surface area contributed by atoms with Gasteiger partial charge in [-0.15, -0.1) is 0 Å². The van der Waals surface area contributed by atoms with Crippen LogP contribution in [0, 0.1) is 0 Å². The molecule has 1 atom stereocenters. The van der Waals surface area contributed by atoms with Gasteiger partial charge in [-0.25, -0.2) is 4.98 Å². The third-order valence-electron chi connectivity index (χ3n) is 3.13. The molecule has 0 radical (unpaired) electrons. The van der Waals surface area contributed by atoms with Crippen molar-refractivity contribution in [3.63, 3.8) is 0 Å². The Balaban J connectivity index is 2.69. The van der Waals surface area contributed by atoms with Crippen LogP contribution in [0.15, 0.2) is 18.3 Å². The number of ether oxygens (including phenoxy) is 1. The number of aromatic nitrogens is 1. The number of carbonyl (C=O) groups excluding carboxylic acids is 1. The van der Waals surface area contributed by atoms with Gasteiger partial charge in [0.1, 0.15) is 5.78 Å². The Kier molecular flexibility index (Phi) is 6.40. The molecule has 1 aromatic rings. The zero-order valence-corrected chi connectivity index (χ0v) is 11.6. The Labute approximate surface area is 110 Å². The highest BCUT2D eigenvalue weighted by Gasteiger charge is 2.14. The van der Waals surface area contributed by atoms with Crippen molar-refractivity contribution in [3.05, 3.63) is 23.9 Å². The van der Waals surface area contributed by atoms with Crippen LogP contribution in [0.5, 0.6) is 5.88 Å². The molecule has 0 N–H and O–H groups in total. The van der Waals surface area contributed by atoms with Gasteiger partial charge in [0.15, 0.2) is 0 Å². The van der Waals surface area contributed by atoms with E-state index >= 15 is 0 Å². The predicted octanol–water partition coefficient (Wildman–Crippen LogP) is 3.73. The molecule has 0 amide bonds. The van der Waals surface area contributed by atoms with Crippen molar-refractivity contribution in [2.24, 2.45) is 0 Å². The van der Waals surface area contributed by atoms with Crippen molar-refractivity contribution in [3.8, 4) is 5.88 Å². The molecule has 3 nitrogen and oxygen atoms in total. The fourth-order valence-corrected chi connectivity index (χ4v) is 2.13. The monoisotopic (exact) mass is 249 g/mol. The highest BCUT2D eigenvalue weighted by Crippen LogP contribution is 2.26. The minimum atomic E-state index is 0.243. The van der Waals surface area contributed by atoms with Gasteiger partial charge in [-0.05, 0) is 24.8 Å². The standard InChI is InChI=1S/C15H23NO2/c1-4-5-6-7-13(10-12(2)17)14-8-9-15(18-3)16-11-14/h8-9,11,13H,4-7,10H2,1-3H3. The number of unbranched alkanes of at least 4 members (excludes halogenated alkanes) is 2. The number of methoxy groups -OCH3 is 1. The molecular formula is C15H23NO2. The van der Waals surface area contributed by atoms with Gasteiger partial charge in [0.2, 0.25) is 5.88 Å². The minimum absolute atomic E-state index is 0.243. The van der Waals surface area contributed by atoms with Crippen LogP contribution in [-0.2, 0) is 4.79 Å². The summed E-state index contributed by atoms with van der Waals surface area (Å²) < 4.78 is 5.05. The van der Waals surface area contributed by atoms with E-state index in [2.05, 4.69) is 11.9 Å². The van der Waals surface area contributed by atoms with E-state index in [0.29, 0.717) is 18.2 Å². The van der Waals surface area contributed by atoms with Crippen molar-refractivity contribution in [2.45, 2.75) is 51.9 Å². The number of carbonyl (C=O) groups is 1. The summed E-state index contributed by atoms with van der Waals surface area (Å²) in [5, 5.41) is 0. The van der Waals surface area contributed by atoms with Gasteiger partial charge in [0.05, 0.1) is 7.11 Å². The Morgan fingerprint density at radius 2 is 2.17 bits per heavy atom. The number of hydrogen-bond donors (Lipinski definition) is 0. The Morgan fingerprint density at radius 1 is 1.39 bits per heavy atom. The molecule has 3 heteroatoms. The molecule has 0 bridgehead atoms. The molecule has 1 rings (SSSR count). The normalized spacial score (nSPS) is 12.2. The second-order valence-electron chi connectivity index (χ2n) is 4.73. The Bertz CT molecular complexity index is 359. The third kappa shape index (κ3) is 4.86. The average Bonchev–Trinajstić information content (AvgIpc) is 2.37. The molecule has 0 aliphatic rings. The maximum absolute atomic E-state index is 11.3. The Hall–Kier alpha value is -1.38. The topological polar surface area (TPSA) is 39.2 Å². The molecule has 1 heterocycles. The van der Waals surface area contributed by atoms with Gasteiger partial charge in [0, 0.05) is 18.7 Å².